The summed E-state index contributed by atoms with van der Waals surface area (Å²) in [5.41, 5.74) is 3.44. The van der Waals surface area contributed by atoms with Crippen LogP contribution in [0, 0.1) is 0 Å². The minimum atomic E-state index is -0.155. The maximum Gasteiger partial charge on any atom is 0.262 e. The summed E-state index contributed by atoms with van der Waals surface area (Å²) in [6, 6.07) is 15.1. The molecule has 0 saturated heterocycles. The highest BCUT2D eigenvalue weighted by Gasteiger charge is 2.41. The zero-order valence-electron chi connectivity index (χ0n) is 11.6. The fourth-order valence-electron chi connectivity index (χ4n) is 3.49. The van der Waals surface area contributed by atoms with Crippen molar-refractivity contribution in [2.45, 2.75) is 25.3 Å². The second-order valence-electron chi connectivity index (χ2n) is 5.63. The van der Waals surface area contributed by atoms with E-state index in [0.29, 0.717) is 11.1 Å². The first-order valence-electron chi connectivity index (χ1n) is 7.32. The van der Waals surface area contributed by atoms with Gasteiger partial charge in [0.05, 0.1) is 17.2 Å². The Hall–Kier alpha value is -2.42. The Kier molecular flexibility index (Phi) is 2.67. The van der Waals surface area contributed by atoms with Crippen LogP contribution in [-0.2, 0) is 6.42 Å². The summed E-state index contributed by atoms with van der Waals surface area (Å²) in [7, 11) is 0. The third-order valence-corrected chi connectivity index (χ3v) is 4.47. The van der Waals surface area contributed by atoms with Crippen molar-refractivity contribution in [3.05, 3.63) is 70.8 Å². The molecule has 3 heteroatoms. The Morgan fingerprint density at radius 1 is 0.857 bits per heavy atom. The molecule has 2 aliphatic rings. The number of rotatable bonds is 1. The van der Waals surface area contributed by atoms with Crippen molar-refractivity contribution >= 4 is 11.8 Å². The van der Waals surface area contributed by atoms with Gasteiger partial charge in [-0.2, -0.15) is 0 Å². The molecule has 2 amide bonds. The summed E-state index contributed by atoms with van der Waals surface area (Å²) in [6.07, 6.45) is 2.88. The zero-order valence-corrected chi connectivity index (χ0v) is 11.6. The third kappa shape index (κ3) is 1.74. The molecule has 2 aromatic rings. The molecule has 0 bridgehead atoms. The lowest BCUT2D eigenvalue weighted by atomic mass is 9.87. The van der Waals surface area contributed by atoms with Gasteiger partial charge in [-0.05, 0) is 42.5 Å². The van der Waals surface area contributed by atoms with Gasteiger partial charge in [-0.25, -0.2) is 0 Å². The summed E-state index contributed by atoms with van der Waals surface area (Å²) >= 11 is 0. The normalized spacial score (nSPS) is 20.4. The molecule has 0 unspecified atom stereocenters. The van der Waals surface area contributed by atoms with E-state index in [-0.39, 0.29) is 17.9 Å². The number of hydrogen-bond donors (Lipinski definition) is 0. The van der Waals surface area contributed by atoms with Gasteiger partial charge < -0.3 is 0 Å². The van der Waals surface area contributed by atoms with Crippen molar-refractivity contribution in [3.63, 3.8) is 0 Å². The zero-order chi connectivity index (χ0) is 14.4. The van der Waals surface area contributed by atoms with Crippen molar-refractivity contribution < 1.29 is 9.59 Å². The molecule has 0 radical (unpaired) electrons. The van der Waals surface area contributed by atoms with E-state index in [1.807, 2.05) is 30.3 Å². The van der Waals surface area contributed by atoms with Gasteiger partial charge >= 0.3 is 0 Å². The highest BCUT2D eigenvalue weighted by Crippen LogP contribution is 2.38. The summed E-state index contributed by atoms with van der Waals surface area (Å²) < 4.78 is 0. The van der Waals surface area contributed by atoms with E-state index >= 15 is 0 Å². The Morgan fingerprint density at radius 2 is 1.48 bits per heavy atom. The predicted octanol–water partition coefficient (Wildman–Crippen LogP) is 3.36. The highest BCUT2D eigenvalue weighted by molar-refractivity contribution is 6.21. The molecule has 21 heavy (non-hydrogen) atoms. The molecular formula is C18H15NO2. The second-order valence-corrected chi connectivity index (χ2v) is 5.63. The van der Waals surface area contributed by atoms with E-state index in [1.54, 1.807) is 12.1 Å². The van der Waals surface area contributed by atoms with Crippen molar-refractivity contribution in [1.82, 2.24) is 4.90 Å². The fourth-order valence-corrected chi connectivity index (χ4v) is 3.49. The average Bonchev–Trinajstić information content (AvgIpc) is 2.79. The minimum Gasteiger partial charge on any atom is -0.269 e. The van der Waals surface area contributed by atoms with Gasteiger partial charge in [0, 0.05) is 0 Å². The largest absolute Gasteiger partial charge is 0.269 e. The molecule has 0 fully saturated rings. The number of carbonyl (C=O) groups is 2. The van der Waals surface area contributed by atoms with Crippen molar-refractivity contribution in [3.8, 4) is 0 Å². The van der Waals surface area contributed by atoms with Crippen LogP contribution in [0.2, 0.25) is 0 Å². The Labute approximate surface area is 123 Å². The van der Waals surface area contributed by atoms with Crippen LogP contribution in [0.25, 0.3) is 0 Å². The SMILES string of the molecule is O=C1c2ccccc2C(=O)N1[C@H]1CCCc2ccccc21. The molecule has 0 N–H and O–H groups in total. The molecule has 1 aliphatic carbocycles. The number of nitrogens with zero attached hydrogens (tertiary/aromatic N) is 1. The molecule has 0 aromatic heterocycles. The van der Waals surface area contributed by atoms with E-state index in [1.165, 1.54) is 10.5 Å². The molecule has 0 spiro atoms. The molecular weight excluding hydrogens is 262 g/mol. The summed E-state index contributed by atoms with van der Waals surface area (Å²) in [4.78, 5) is 26.7. The summed E-state index contributed by atoms with van der Waals surface area (Å²) in [5.74, 6) is -0.311. The van der Waals surface area contributed by atoms with E-state index in [0.717, 1.165) is 24.8 Å². The third-order valence-electron chi connectivity index (χ3n) is 4.47. The van der Waals surface area contributed by atoms with Crippen LogP contribution in [0.15, 0.2) is 48.5 Å². The number of hydrogen-bond acceptors (Lipinski definition) is 2. The van der Waals surface area contributed by atoms with Crippen LogP contribution >= 0.6 is 0 Å². The number of aryl methyl sites for hydroxylation is 1. The minimum absolute atomic E-state index is 0.123. The Morgan fingerprint density at radius 3 is 2.19 bits per heavy atom. The molecule has 1 atom stereocenters. The molecule has 4 rings (SSSR count). The monoisotopic (exact) mass is 277 g/mol. The van der Waals surface area contributed by atoms with Gasteiger partial charge in [-0.3, -0.25) is 14.5 Å². The van der Waals surface area contributed by atoms with Gasteiger partial charge in [0.2, 0.25) is 0 Å². The van der Waals surface area contributed by atoms with Crippen LogP contribution in [0.5, 0.6) is 0 Å². The topological polar surface area (TPSA) is 37.4 Å². The first kappa shape index (κ1) is 12.3. The fraction of sp³-hybridized carbons (Fsp3) is 0.222. The van der Waals surface area contributed by atoms with Crippen molar-refractivity contribution in [2.24, 2.45) is 0 Å². The predicted molar refractivity (Wildman–Crippen MR) is 79.1 cm³/mol. The summed E-state index contributed by atoms with van der Waals surface area (Å²) in [5, 5.41) is 0. The van der Waals surface area contributed by atoms with Crippen LogP contribution < -0.4 is 0 Å². The molecule has 0 saturated carbocycles. The number of amides is 2. The quantitative estimate of drug-likeness (QED) is 0.749. The van der Waals surface area contributed by atoms with Gasteiger partial charge in [-0.1, -0.05) is 36.4 Å². The number of carbonyl (C=O) groups excluding carboxylic acids is 2. The average molecular weight is 277 g/mol. The van der Waals surface area contributed by atoms with Gasteiger partial charge in [0.1, 0.15) is 0 Å². The Balaban J connectivity index is 1.80. The highest BCUT2D eigenvalue weighted by atomic mass is 16.2. The lowest BCUT2D eigenvalue weighted by Crippen LogP contribution is -2.35. The van der Waals surface area contributed by atoms with Crippen LogP contribution in [0.3, 0.4) is 0 Å². The van der Waals surface area contributed by atoms with Crippen molar-refractivity contribution in [1.29, 1.82) is 0 Å². The first-order chi connectivity index (χ1) is 10.3. The maximum absolute atomic E-state index is 12.6. The number of fused-ring (bicyclic) bond motifs is 2. The molecule has 104 valence electrons. The van der Waals surface area contributed by atoms with E-state index < -0.39 is 0 Å². The van der Waals surface area contributed by atoms with Crippen molar-refractivity contribution in [2.75, 3.05) is 0 Å². The molecule has 1 heterocycles. The standard InChI is InChI=1S/C18H15NO2/c20-17-14-9-3-4-10-15(14)18(21)19(17)16-11-5-7-12-6-1-2-8-13(12)16/h1-4,6,8-10,16H,5,7,11H2/t16-/m0/s1. The number of imide groups is 1. The first-order valence-corrected chi connectivity index (χ1v) is 7.32. The van der Waals surface area contributed by atoms with E-state index in [2.05, 4.69) is 6.07 Å². The van der Waals surface area contributed by atoms with Crippen LogP contribution in [-0.4, -0.2) is 16.7 Å². The Bertz CT molecular complexity index is 715. The lowest BCUT2D eigenvalue weighted by molar-refractivity contribution is 0.0566. The summed E-state index contributed by atoms with van der Waals surface area (Å²) in [6.45, 7) is 0. The van der Waals surface area contributed by atoms with E-state index in [9.17, 15) is 9.59 Å². The molecule has 3 nitrogen and oxygen atoms in total. The second kappa shape index (κ2) is 4.55. The maximum atomic E-state index is 12.6. The smallest absolute Gasteiger partial charge is 0.262 e. The van der Waals surface area contributed by atoms with Crippen LogP contribution in [0.4, 0.5) is 0 Å². The van der Waals surface area contributed by atoms with Gasteiger partial charge in [-0.15, -0.1) is 0 Å². The number of benzene rings is 2. The van der Waals surface area contributed by atoms with Gasteiger partial charge in [0.15, 0.2) is 0 Å². The molecule has 1 aliphatic heterocycles. The lowest BCUT2D eigenvalue weighted by Gasteiger charge is -2.31. The molecule has 2 aromatic carbocycles. The van der Waals surface area contributed by atoms with E-state index in [4.69, 9.17) is 0 Å². The van der Waals surface area contributed by atoms with Gasteiger partial charge in [0.25, 0.3) is 11.8 Å². The van der Waals surface area contributed by atoms with Crippen LogP contribution in [0.1, 0.15) is 50.7 Å².